The quantitative estimate of drug-likeness (QED) is 0.851. The predicted octanol–water partition coefficient (Wildman–Crippen LogP) is 2.49. The van der Waals surface area contributed by atoms with Gasteiger partial charge in [0.2, 0.25) is 0 Å². The summed E-state index contributed by atoms with van der Waals surface area (Å²) in [5.74, 6) is 0.126. The molecule has 0 bridgehead atoms. The maximum Gasteiger partial charge on any atom is 0.313 e. The van der Waals surface area contributed by atoms with Gasteiger partial charge in [-0.25, -0.2) is 0 Å². The van der Waals surface area contributed by atoms with Gasteiger partial charge in [0.25, 0.3) is 0 Å². The number of rotatable bonds is 5. The molecule has 1 atom stereocenters. The van der Waals surface area contributed by atoms with Gasteiger partial charge in [0.1, 0.15) is 12.4 Å². The molecule has 0 aliphatic carbocycles. The molecule has 4 nitrogen and oxygen atoms in total. The lowest BCUT2D eigenvalue weighted by molar-refractivity contribution is -0.146. The summed E-state index contributed by atoms with van der Waals surface area (Å²) in [6, 6.07) is 11.6. The Hall–Kier alpha value is -2.07. The van der Waals surface area contributed by atoms with E-state index in [1.807, 2.05) is 36.4 Å². The minimum Gasteiger partial charge on any atom is -0.497 e. The number of methoxy groups -OCH3 is 1. The number of benzene rings is 2. The van der Waals surface area contributed by atoms with E-state index in [9.17, 15) is 4.79 Å². The van der Waals surface area contributed by atoms with Crippen LogP contribution in [-0.4, -0.2) is 31.4 Å². The Kier molecular flexibility index (Phi) is 4.58. The number of carbonyl (C=O) groups excluding carboxylic acids is 1. The van der Waals surface area contributed by atoms with E-state index in [0.717, 1.165) is 22.1 Å². The molecule has 2 aromatic rings. The van der Waals surface area contributed by atoms with E-state index < -0.39 is 0 Å². The molecule has 106 valence electrons. The summed E-state index contributed by atoms with van der Waals surface area (Å²) < 4.78 is 10.1. The molecule has 0 aliphatic heterocycles. The monoisotopic (exact) mass is 274 g/mol. The lowest BCUT2D eigenvalue weighted by Gasteiger charge is -2.12. The smallest absolute Gasteiger partial charge is 0.313 e. The van der Waals surface area contributed by atoms with Crippen LogP contribution in [0.1, 0.15) is 18.4 Å². The van der Waals surface area contributed by atoms with Crippen LogP contribution in [0.4, 0.5) is 0 Å². The van der Waals surface area contributed by atoms with Crippen LogP contribution in [0.5, 0.6) is 5.75 Å². The normalized spacial score (nSPS) is 12.2. The summed E-state index contributed by atoms with van der Waals surface area (Å²) in [6.07, 6.45) is 0. The molecule has 0 aliphatic rings. The van der Waals surface area contributed by atoms with Crippen molar-refractivity contribution in [2.75, 3.05) is 20.3 Å². The summed E-state index contributed by atoms with van der Waals surface area (Å²) in [5, 5.41) is 10.8. The number of hydrogen-bond donors (Lipinski definition) is 1. The maximum atomic E-state index is 11.8. The zero-order valence-electron chi connectivity index (χ0n) is 11.6. The number of carbonyl (C=O) groups is 1. The van der Waals surface area contributed by atoms with Crippen molar-refractivity contribution in [2.45, 2.75) is 12.8 Å². The fourth-order valence-corrected chi connectivity index (χ4v) is 2.05. The van der Waals surface area contributed by atoms with Crippen LogP contribution in [0.25, 0.3) is 10.8 Å². The molecule has 4 heteroatoms. The fraction of sp³-hybridized carbons (Fsp3) is 0.312. The summed E-state index contributed by atoms with van der Waals surface area (Å²) >= 11 is 0. The molecule has 0 saturated heterocycles. The van der Waals surface area contributed by atoms with Crippen molar-refractivity contribution < 1.29 is 19.4 Å². The first-order valence-corrected chi connectivity index (χ1v) is 6.51. The Morgan fingerprint density at radius 3 is 2.60 bits per heavy atom. The van der Waals surface area contributed by atoms with E-state index in [4.69, 9.17) is 14.6 Å². The topological polar surface area (TPSA) is 55.8 Å². The number of hydrogen-bond acceptors (Lipinski definition) is 4. The van der Waals surface area contributed by atoms with Gasteiger partial charge < -0.3 is 14.6 Å². The second-order valence-electron chi connectivity index (χ2n) is 4.59. The van der Waals surface area contributed by atoms with Crippen LogP contribution in [0.15, 0.2) is 36.4 Å². The number of fused-ring (bicyclic) bond motifs is 1. The van der Waals surface area contributed by atoms with Gasteiger partial charge in [0.05, 0.1) is 19.6 Å². The van der Waals surface area contributed by atoms with E-state index in [2.05, 4.69) is 0 Å². The highest BCUT2D eigenvalue weighted by Gasteiger charge is 2.16. The molecular formula is C16H18O4. The minimum atomic E-state index is -0.354. The molecule has 0 spiro atoms. The van der Waals surface area contributed by atoms with Crippen molar-refractivity contribution in [1.29, 1.82) is 0 Å². The van der Waals surface area contributed by atoms with E-state index in [1.165, 1.54) is 0 Å². The molecule has 0 radical (unpaired) electrons. The lowest BCUT2D eigenvalue weighted by atomic mass is 9.98. The summed E-state index contributed by atoms with van der Waals surface area (Å²) in [6.45, 7) is 1.67. The Morgan fingerprint density at radius 2 is 1.90 bits per heavy atom. The molecule has 0 saturated carbocycles. The molecule has 0 aromatic heterocycles. The van der Waals surface area contributed by atoms with Crippen LogP contribution in [0.2, 0.25) is 0 Å². The zero-order chi connectivity index (χ0) is 14.5. The third-order valence-corrected chi connectivity index (χ3v) is 3.26. The SMILES string of the molecule is COc1ccc2cc([C@@H](C)C(=O)OCCO)ccc2c1. The molecule has 1 N–H and O–H groups in total. The van der Waals surface area contributed by atoms with Gasteiger partial charge in [-0.3, -0.25) is 4.79 Å². The highest BCUT2D eigenvalue weighted by atomic mass is 16.5. The number of aliphatic hydroxyl groups excluding tert-OH is 1. The highest BCUT2D eigenvalue weighted by molar-refractivity contribution is 5.86. The third kappa shape index (κ3) is 3.08. The van der Waals surface area contributed by atoms with Crippen molar-refractivity contribution >= 4 is 16.7 Å². The fourth-order valence-electron chi connectivity index (χ4n) is 2.05. The minimum absolute atomic E-state index is 0.0357. The van der Waals surface area contributed by atoms with Crippen LogP contribution in [0.3, 0.4) is 0 Å². The van der Waals surface area contributed by atoms with Crippen LogP contribution < -0.4 is 4.74 Å². The molecule has 2 aromatic carbocycles. The van der Waals surface area contributed by atoms with Gasteiger partial charge in [0, 0.05) is 0 Å². The number of aliphatic hydroxyl groups is 1. The average Bonchev–Trinajstić information content (AvgIpc) is 2.50. The first-order valence-electron chi connectivity index (χ1n) is 6.51. The second kappa shape index (κ2) is 6.39. The molecule has 2 rings (SSSR count). The van der Waals surface area contributed by atoms with Crippen molar-refractivity contribution in [3.63, 3.8) is 0 Å². The van der Waals surface area contributed by atoms with E-state index in [-0.39, 0.29) is 25.1 Å². The van der Waals surface area contributed by atoms with Crippen molar-refractivity contribution in [3.05, 3.63) is 42.0 Å². The highest BCUT2D eigenvalue weighted by Crippen LogP contribution is 2.25. The van der Waals surface area contributed by atoms with E-state index in [0.29, 0.717) is 0 Å². The first kappa shape index (κ1) is 14.3. The van der Waals surface area contributed by atoms with Crippen molar-refractivity contribution in [2.24, 2.45) is 0 Å². The molecular weight excluding hydrogens is 256 g/mol. The molecule has 0 amide bonds. The first-order chi connectivity index (χ1) is 9.65. The van der Waals surface area contributed by atoms with Crippen LogP contribution in [-0.2, 0) is 9.53 Å². The molecule has 0 heterocycles. The lowest BCUT2D eigenvalue weighted by Crippen LogP contribution is -2.15. The van der Waals surface area contributed by atoms with Gasteiger partial charge in [-0.1, -0.05) is 24.3 Å². The van der Waals surface area contributed by atoms with E-state index >= 15 is 0 Å². The van der Waals surface area contributed by atoms with Gasteiger partial charge >= 0.3 is 5.97 Å². The Bertz CT molecular complexity index is 606. The second-order valence-corrected chi connectivity index (χ2v) is 4.59. The Labute approximate surface area is 117 Å². The standard InChI is InChI=1S/C16H18O4/c1-11(16(18)20-8-7-17)12-3-4-14-10-15(19-2)6-5-13(14)9-12/h3-6,9-11,17H,7-8H2,1-2H3/t11-/m1/s1. The van der Waals surface area contributed by atoms with E-state index in [1.54, 1.807) is 14.0 Å². The van der Waals surface area contributed by atoms with Crippen LogP contribution in [0, 0.1) is 0 Å². The summed E-state index contributed by atoms with van der Waals surface area (Å²) in [7, 11) is 1.63. The third-order valence-electron chi connectivity index (χ3n) is 3.26. The summed E-state index contributed by atoms with van der Waals surface area (Å²) in [5.41, 5.74) is 0.894. The molecule has 0 fully saturated rings. The summed E-state index contributed by atoms with van der Waals surface area (Å²) in [4.78, 5) is 11.8. The van der Waals surface area contributed by atoms with Gasteiger partial charge in [-0.2, -0.15) is 0 Å². The van der Waals surface area contributed by atoms with Crippen LogP contribution >= 0.6 is 0 Å². The van der Waals surface area contributed by atoms with Crippen molar-refractivity contribution in [1.82, 2.24) is 0 Å². The van der Waals surface area contributed by atoms with Gasteiger partial charge in [0.15, 0.2) is 0 Å². The number of esters is 1. The number of ether oxygens (including phenoxy) is 2. The Morgan fingerprint density at radius 1 is 1.20 bits per heavy atom. The van der Waals surface area contributed by atoms with Crippen molar-refractivity contribution in [3.8, 4) is 5.75 Å². The van der Waals surface area contributed by atoms with Gasteiger partial charge in [-0.15, -0.1) is 0 Å². The molecule has 0 unspecified atom stereocenters. The molecule has 20 heavy (non-hydrogen) atoms. The largest absolute Gasteiger partial charge is 0.497 e. The zero-order valence-corrected chi connectivity index (χ0v) is 11.6. The Balaban J connectivity index is 2.25. The predicted molar refractivity (Wildman–Crippen MR) is 77.0 cm³/mol. The van der Waals surface area contributed by atoms with Gasteiger partial charge in [-0.05, 0) is 35.4 Å². The maximum absolute atomic E-state index is 11.8. The average molecular weight is 274 g/mol.